The molecule has 0 aromatic heterocycles. The van der Waals surface area contributed by atoms with Gasteiger partial charge in [-0.15, -0.1) is 0 Å². The first-order chi connectivity index (χ1) is 41.5. The highest BCUT2D eigenvalue weighted by Gasteiger charge is 2.20. The van der Waals surface area contributed by atoms with E-state index in [1.165, 1.54) is 268 Å². The summed E-state index contributed by atoms with van der Waals surface area (Å²) in [6.45, 7) is 13.6. The van der Waals surface area contributed by atoms with Crippen LogP contribution in [0.25, 0.3) is 32.3 Å². The van der Waals surface area contributed by atoms with Crippen molar-refractivity contribution in [3.63, 3.8) is 0 Å². The number of benzene rings is 6. The van der Waals surface area contributed by atoms with E-state index in [1.54, 1.807) is 12.1 Å². The van der Waals surface area contributed by atoms with E-state index in [0.717, 1.165) is 70.0 Å². The summed E-state index contributed by atoms with van der Waals surface area (Å²) in [5.41, 5.74) is 5.15. The molecule has 0 aliphatic heterocycles. The van der Waals surface area contributed by atoms with E-state index in [-0.39, 0.29) is 0 Å². The zero-order valence-corrected chi connectivity index (χ0v) is 53.9. The van der Waals surface area contributed by atoms with Crippen LogP contribution in [-0.2, 0) is 0 Å². The Morgan fingerprint density at radius 3 is 0.738 bits per heavy atom. The van der Waals surface area contributed by atoms with Crippen LogP contribution in [0.5, 0.6) is 0 Å². The van der Waals surface area contributed by atoms with Gasteiger partial charge in [-0.05, 0) is 85.0 Å². The summed E-state index contributed by atoms with van der Waals surface area (Å²) in [6, 6.07) is 29.4. The minimum atomic E-state index is -0.454. The second-order valence-corrected chi connectivity index (χ2v) is 25.2. The predicted molar refractivity (Wildman–Crippen MR) is 371 cm³/mol. The Morgan fingerprint density at radius 1 is 0.262 bits per heavy atom. The maximum atomic E-state index is 13.7. The van der Waals surface area contributed by atoms with Crippen LogP contribution in [0.1, 0.15) is 307 Å². The third-order valence-corrected chi connectivity index (χ3v) is 18.1. The average molecular weight is 1140 g/mol. The summed E-state index contributed by atoms with van der Waals surface area (Å²) >= 11 is 0. The van der Waals surface area contributed by atoms with E-state index in [4.69, 9.17) is 0 Å². The lowest BCUT2D eigenvalue weighted by molar-refractivity contribution is 0.543. The van der Waals surface area contributed by atoms with Gasteiger partial charge in [-0.3, -0.25) is 9.59 Å². The first-order valence-corrected chi connectivity index (χ1v) is 35.3. The minimum absolute atomic E-state index is 0.453. The summed E-state index contributed by atoms with van der Waals surface area (Å²) in [5, 5.41) is 4.25. The lowest BCUT2D eigenvalue weighted by atomic mass is 9.87. The fourth-order valence-electron chi connectivity index (χ4n) is 12.9. The van der Waals surface area contributed by atoms with Crippen molar-refractivity contribution in [2.45, 2.75) is 285 Å². The first kappa shape index (κ1) is 67.8. The van der Waals surface area contributed by atoms with Gasteiger partial charge in [0.15, 0.2) is 0 Å². The van der Waals surface area contributed by atoms with E-state index >= 15 is 0 Å². The molecule has 4 nitrogen and oxygen atoms in total. The van der Waals surface area contributed by atoms with Gasteiger partial charge in [0.2, 0.25) is 10.9 Å². The number of unbranched alkanes of at least 4 members (excludes halogenated alkanes) is 36. The van der Waals surface area contributed by atoms with Crippen molar-refractivity contribution in [2.24, 2.45) is 0 Å². The maximum absolute atomic E-state index is 13.7. The summed E-state index contributed by atoms with van der Waals surface area (Å²) in [7, 11) is 0. The number of rotatable bonds is 46. The Hall–Kier alpha value is -5.32. The highest BCUT2D eigenvalue weighted by Crippen LogP contribution is 2.37. The monoisotopic (exact) mass is 1130 g/mol. The van der Waals surface area contributed by atoms with Crippen LogP contribution in [0.4, 0.5) is 11.4 Å². The fraction of sp³-hybridized carbons (Fsp3) is 0.600. The second kappa shape index (κ2) is 41.7. The van der Waals surface area contributed by atoms with Crippen LogP contribution in [0.2, 0.25) is 0 Å². The van der Waals surface area contributed by atoms with Crippen LogP contribution in [0, 0.1) is 23.7 Å². The third-order valence-electron chi connectivity index (χ3n) is 18.1. The van der Waals surface area contributed by atoms with Crippen LogP contribution >= 0.6 is 0 Å². The van der Waals surface area contributed by atoms with Crippen molar-refractivity contribution in [2.75, 3.05) is 36.0 Å². The summed E-state index contributed by atoms with van der Waals surface area (Å²) < 4.78 is 0. The number of hydrogen-bond donors (Lipinski definition) is 0. The summed E-state index contributed by atoms with van der Waals surface area (Å²) in [6.07, 6.45) is 53.9. The molecule has 0 saturated heterocycles. The molecule has 0 aliphatic rings. The zero-order chi connectivity index (χ0) is 59.1. The zero-order valence-electron chi connectivity index (χ0n) is 53.9. The second-order valence-electron chi connectivity index (χ2n) is 25.2. The highest BCUT2D eigenvalue weighted by atomic mass is 16.2. The predicted octanol–water partition coefficient (Wildman–Crippen LogP) is 22.8. The average Bonchev–Trinajstić information content (AvgIpc) is 2.34. The third kappa shape index (κ3) is 23.5. The molecular formula is C80H114N2O2. The molecule has 456 valence electrons. The molecule has 84 heavy (non-hydrogen) atoms. The molecule has 0 N–H and O–H groups in total. The molecule has 0 unspecified atom stereocenters. The van der Waals surface area contributed by atoms with Gasteiger partial charge in [0, 0.05) is 81.4 Å². The fourth-order valence-corrected chi connectivity index (χ4v) is 12.9. The molecule has 4 heteroatoms. The van der Waals surface area contributed by atoms with Crippen molar-refractivity contribution in [1.29, 1.82) is 0 Å². The van der Waals surface area contributed by atoms with Gasteiger partial charge in [0.05, 0.1) is 0 Å². The minimum Gasteiger partial charge on any atom is -0.372 e. The van der Waals surface area contributed by atoms with Crippen LogP contribution < -0.4 is 20.7 Å². The molecule has 0 amide bonds. The van der Waals surface area contributed by atoms with Gasteiger partial charge in [0.1, 0.15) is 0 Å². The number of hydrogen-bond acceptors (Lipinski definition) is 4. The molecule has 0 radical (unpaired) electrons. The molecule has 0 spiro atoms. The Labute approximate surface area is 512 Å². The number of anilines is 2. The SMILES string of the molecule is CCCCCCCCCCCCN(CCCCCCCCCCCC)c1ccc(C#Cc2c(C#Cc3ccc(N(CCCCCCCCCCCC)CCCCCCCCCCCC)cc3)c3cccc4c(=O)c(=O)c5cccc2c5c34)cc1. The molecule has 0 bridgehead atoms. The van der Waals surface area contributed by atoms with Crippen molar-refractivity contribution in [3.05, 3.63) is 128 Å². The lowest BCUT2D eigenvalue weighted by Crippen LogP contribution is -2.25. The van der Waals surface area contributed by atoms with E-state index in [1.807, 2.05) is 12.1 Å². The van der Waals surface area contributed by atoms with E-state index in [2.05, 4.69) is 122 Å². The van der Waals surface area contributed by atoms with Gasteiger partial charge >= 0.3 is 0 Å². The van der Waals surface area contributed by atoms with E-state index in [9.17, 15) is 9.59 Å². The smallest absolute Gasteiger partial charge is 0.234 e. The topological polar surface area (TPSA) is 40.6 Å². The Bertz CT molecular complexity index is 2680. The Kier molecular flexibility index (Phi) is 33.6. The molecular weight excluding hydrogens is 1020 g/mol. The molecule has 0 aliphatic carbocycles. The van der Waals surface area contributed by atoms with E-state index < -0.39 is 10.9 Å². The van der Waals surface area contributed by atoms with Crippen molar-refractivity contribution >= 4 is 43.7 Å². The van der Waals surface area contributed by atoms with Gasteiger partial charge < -0.3 is 9.80 Å². The lowest BCUT2D eigenvalue weighted by Gasteiger charge is -2.25. The largest absolute Gasteiger partial charge is 0.372 e. The Balaban J connectivity index is 1.20. The molecule has 0 saturated carbocycles. The summed E-state index contributed by atoms with van der Waals surface area (Å²) in [4.78, 5) is 32.7. The van der Waals surface area contributed by atoms with Crippen molar-refractivity contribution in [1.82, 2.24) is 0 Å². The summed E-state index contributed by atoms with van der Waals surface area (Å²) in [5.74, 6) is 14.4. The first-order valence-electron chi connectivity index (χ1n) is 35.3. The number of nitrogens with zero attached hydrogens (tertiary/aromatic N) is 2. The van der Waals surface area contributed by atoms with Crippen LogP contribution in [0.15, 0.2) is 94.5 Å². The standard InChI is InChI=1S/C80H114N2O2/c1-5-9-13-17-21-25-29-33-37-41-63-81(64-42-38-34-30-26-22-18-14-10-6-2)69-57-51-67(52-58-69)55-61-71-72(74-48-46-50-76-78(74)77-73(71)47-45-49-75(77)79(83)80(76)84)62-56-68-53-59-70(60-54-68)82(65-43-39-35-31-27-23-19-15-11-7-3)66-44-40-36-32-28-24-20-16-12-8-4/h45-54,57-60H,5-44,63-66H2,1-4H3. The van der Waals surface area contributed by atoms with Crippen LogP contribution in [0.3, 0.4) is 0 Å². The van der Waals surface area contributed by atoms with Gasteiger partial charge in [-0.25, -0.2) is 0 Å². The maximum Gasteiger partial charge on any atom is 0.234 e. The van der Waals surface area contributed by atoms with Gasteiger partial charge in [-0.2, -0.15) is 0 Å². The molecule has 0 fully saturated rings. The van der Waals surface area contributed by atoms with Gasteiger partial charge in [0.25, 0.3) is 0 Å². The normalized spacial score (nSPS) is 11.4. The van der Waals surface area contributed by atoms with Crippen molar-refractivity contribution in [3.8, 4) is 23.7 Å². The van der Waals surface area contributed by atoms with Crippen molar-refractivity contribution < 1.29 is 0 Å². The van der Waals surface area contributed by atoms with Gasteiger partial charge in [-0.1, -0.05) is 319 Å². The quantitative estimate of drug-likeness (QED) is 0.0165. The molecule has 0 atom stereocenters. The molecule has 6 rings (SSSR count). The van der Waals surface area contributed by atoms with Crippen LogP contribution in [-0.4, -0.2) is 26.2 Å². The highest BCUT2D eigenvalue weighted by molar-refractivity contribution is 6.25. The van der Waals surface area contributed by atoms with E-state index in [0.29, 0.717) is 10.8 Å². The molecule has 6 aromatic rings. The molecule has 6 aromatic carbocycles. The Morgan fingerprint density at radius 2 is 0.488 bits per heavy atom. The molecule has 0 heterocycles.